The number of aromatic nitrogens is 1. The number of nitrogens with one attached hydrogen (secondary N) is 2. The van der Waals surface area contributed by atoms with Crippen LogP contribution in [-0.4, -0.2) is 40.3 Å². The summed E-state index contributed by atoms with van der Waals surface area (Å²) >= 11 is 0. The van der Waals surface area contributed by atoms with Gasteiger partial charge < -0.3 is 15.5 Å². The van der Waals surface area contributed by atoms with Gasteiger partial charge >= 0.3 is 0 Å². The molecular weight excluding hydrogens is 352 g/mol. The molecule has 1 aromatic heterocycles. The van der Waals surface area contributed by atoms with Crippen molar-refractivity contribution in [3.8, 4) is 0 Å². The highest BCUT2D eigenvalue weighted by Gasteiger charge is 2.45. The largest absolute Gasteiger partial charge is 0.369 e. The zero-order chi connectivity index (χ0) is 19.1. The summed E-state index contributed by atoms with van der Waals surface area (Å²) in [4.78, 5) is 32.1. The minimum atomic E-state index is -0.661. The third kappa shape index (κ3) is 2.60. The zero-order valence-corrected chi connectivity index (χ0v) is 15.3. The lowest BCUT2D eigenvalue weighted by molar-refractivity contribution is -0.122. The lowest BCUT2D eigenvalue weighted by Gasteiger charge is -2.44. The summed E-state index contributed by atoms with van der Waals surface area (Å²) in [7, 11) is 0. The molecule has 0 atom stereocenters. The average Bonchev–Trinajstić information content (AvgIpc) is 2.74. The van der Waals surface area contributed by atoms with Crippen LogP contribution in [0.4, 0.5) is 11.4 Å². The van der Waals surface area contributed by atoms with Gasteiger partial charge in [-0.15, -0.1) is 0 Å². The summed E-state index contributed by atoms with van der Waals surface area (Å²) in [5, 5.41) is 7.30. The van der Waals surface area contributed by atoms with Gasteiger partial charge in [0.25, 0.3) is 5.91 Å². The lowest BCUT2D eigenvalue weighted by Crippen LogP contribution is -2.59. The molecule has 3 heterocycles. The first-order valence-corrected chi connectivity index (χ1v) is 9.48. The van der Waals surface area contributed by atoms with Crippen LogP contribution in [0.25, 0.3) is 10.9 Å². The number of hydrogen-bond donors (Lipinski definition) is 2. The first-order valence-electron chi connectivity index (χ1n) is 9.48. The standard InChI is InChI=1S/C22H20N4O2/c27-20(16-5-3-9-17-15(16)6-4-12-23-17)26-13-10-22(11-14-26)21(28)24-18-7-1-2-8-19(18)25-22/h1-9,12,25H,10-11,13-14H2,(H,24,28). The molecule has 28 heavy (non-hydrogen) atoms. The van der Waals surface area contributed by atoms with Crippen molar-refractivity contribution in [2.24, 2.45) is 0 Å². The Kier molecular flexibility index (Phi) is 3.79. The molecule has 2 aromatic carbocycles. The Morgan fingerprint density at radius 2 is 1.75 bits per heavy atom. The smallest absolute Gasteiger partial charge is 0.254 e. The molecule has 1 spiro atoms. The van der Waals surface area contributed by atoms with E-state index in [1.165, 1.54) is 0 Å². The van der Waals surface area contributed by atoms with Crippen LogP contribution >= 0.6 is 0 Å². The summed E-state index contributed by atoms with van der Waals surface area (Å²) in [5.41, 5.74) is 2.55. The molecule has 0 radical (unpaired) electrons. The summed E-state index contributed by atoms with van der Waals surface area (Å²) in [6, 6.07) is 17.1. The summed E-state index contributed by atoms with van der Waals surface area (Å²) in [5.74, 6) is -0.0299. The van der Waals surface area contributed by atoms with Crippen LogP contribution < -0.4 is 10.6 Å². The highest BCUT2D eigenvalue weighted by atomic mass is 16.2. The van der Waals surface area contributed by atoms with E-state index in [0.717, 1.165) is 22.3 Å². The van der Waals surface area contributed by atoms with Crippen molar-refractivity contribution in [3.05, 3.63) is 66.4 Å². The average molecular weight is 372 g/mol. The van der Waals surface area contributed by atoms with E-state index in [9.17, 15) is 9.59 Å². The van der Waals surface area contributed by atoms with Gasteiger partial charge in [-0.25, -0.2) is 0 Å². The second-order valence-corrected chi connectivity index (χ2v) is 7.37. The van der Waals surface area contributed by atoms with Crippen molar-refractivity contribution in [1.82, 2.24) is 9.88 Å². The van der Waals surface area contributed by atoms with E-state index in [0.29, 0.717) is 31.5 Å². The molecule has 2 amide bonds. The first kappa shape index (κ1) is 16.7. The topological polar surface area (TPSA) is 74.3 Å². The molecule has 140 valence electrons. The minimum absolute atomic E-state index is 0.00920. The maximum atomic E-state index is 13.1. The maximum absolute atomic E-state index is 13.1. The summed E-state index contributed by atoms with van der Waals surface area (Å²) < 4.78 is 0. The molecule has 0 bridgehead atoms. The third-order valence-corrected chi connectivity index (χ3v) is 5.76. The molecule has 2 N–H and O–H groups in total. The Balaban J connectivity index is 1.37. The Morgan fingerprint density at radius 3 is 2.57 bits per heavy atom. The van der Waals surface area contributed by atoms with Gasteiger partial charge in [-0.2, -0.15) is 0 Å². The van der Waals surface area contributed by atoms with Gasteiger partial charge in [0.15, 0.2) is 0 Å². The number of carbonyl (C=O) groups excluding carboxylic acids is 2. The van der Waals surface area contributed by atoms with Crippen molar-refractivity contribution >= 4 is 34.1 Å². The van der Waals surface area contributed by atoms with Crippen LogP contribution in [0, 0.1) is 0 Å². The number of rotatable bonds is 1. The Hall–Kier alpha value is -3.41. The molecule has 1 fully saturated rings. The normalized spacial score (nSPS) is 17.7. The van der Waals surface area contributed by atoms with Gasteiger partial charge in [-0.3, -0.25) is 14.6 Å². The molecule has 6 heteroatoms. The van der Waals surface area contributed by atoms with Crippen LogP contribution in [0.2, 0.25) is 0 Å². The van der Waals surface area contributed by atoms with Gasteiger partial charge in [-0.05, 0) is 43.2 Å². The monoisotopic (exact) mass is 372 g/mol. The molecule has 0 aliphatic carbocycles. The number of amides is 2. The van der Waals surface area contributed by atoms with Crippen molar-refractivity contribution < 1.29 is 9.59 Å². The Morgan fingerprint density at radius 1 is 0.964 bits per heavy atom. The number of fused-ring (bicyclic) bond motifs is 2. The lowest BCUT2D eigenvalue weighted by atomic mass is 9.84. The van der Waals surface area contributed by atoms with E-state index in [2.05, 4.69) is 15.6 Å². The molecule has 5 rings (SSSR count). The molecule has 6 nitrogen and oxygen atoms in total. The molecule has 0 unspecified atom stereocenters. The van der Waals surface area contributed by atoms with Crippen molar-refractivity contribution in [1.29, 1.82) is 0 Å². The van der Waals surface area contributed by atoms with Gasteiger partial charge in [0.05, 0.1) is 16.9 Å². The third-order valence-electron chi connectivity index (χ3n) is 5.76. The highest BCUT2D eigenvalue weighted by Crippen LogP contribution is 2.36. The van der Waals surface area contributed by atoms with Crippen molar-refractivity contribution in [3.63, 3.8) is 0 Å². The number of para-hydroxylation sites is 2. The van der Waals surface area contributed by atoms with E-state index in [1.54, 1.807) is 6.20 Å². The Labute approximate surface area is 162 Å². The molecule has 1 saturated heterocycles. The SMILES string of the molecule is O=C(c1cccc2ncccc12)N1CCC2(CC1)Nc1ccccc1NC2=O. The fourth-order valence-corrected chi connectivity index (χ4v) is 4.16. The fourth-order valence-electron chi connectivity index (χ4n) is 4.16. The number of benzene rings is 2. The molecule has 0 saturated carbocycles. The van der Waals surface area contributed by atoms with E-state index < -0.39 is 5.54 Å². The van der Waals surface area contributed by atoms with Crippen LogP contribution in [0.5, 0.6) is 0 Å². The predicted molar refractivity (Wildman–Crippen MR) is 108 cm³/mol. The number of anilines is 2. The molecule has 2 aliphatic rings. The van der Waals surface area contributed by atoms with E-state index in [4.69, 9.17) is 0 Å². The van der Waals surface area contributed by atoms with E-state index in [-0.39, 0.29) is 11.8 Å². The number of piperidine rings is 1. The molecular formula is C22H20N4O2. The van der Waals surface area contributed by atoms with Crippen LogP contribution in [0.3, 0.4) is 0 Å². The molecule has 2 aliphatic heterocycles. The quantitative estimate of drug-likeness (QED) is 0.688. The number of carbonyl (C=O) groups is 2. The summed E-state index contributed by atoms with van der Waals surface area (Å²) in [6.45, 7) is 1.05. The van der Waals surface area contributed by atoms with Gasteiger partial charge in [0, 0.05) is 30.2 Å². The second-order valence-electron chi connectivity index (χ2n) is 7.37. The van der Waals surface area contributed by atoms with Crippen LogP contribution in [0.15, 0.2) is 60.8 Å². The zero-order valence-electron chi connectivity index (χ0n) is 15.3. The van der Waals surface area contributed by atoms with Crippen molar-refractivity contribution in [2.75, 3.05) is 23.7 Å². The van der Waals surface area contributed by atoms with Gasteiger partial charge in [0.1, 0.15) is 5.54 Å². The number of hydrogen-bond acceptors (Lipinski definition) is 4. The fraction of sp³-hybridized carbons (Fsp3) is 0.227. The molecule has 3 aromatic rings. The summed E-state index contributed by atoms with van der Waals surface area (Å²) in [6.07, 6.45) is 2.87. The van der Waals surface area contributed by atoms with Gasteiger partial charge in [0.2, 0.25) is 5.91 Å². The predicted octanol–water partition coefficient (Wildman–Crippen LogP) is 3.27. The number of likely N-dealkylation sites (tertiary alicyclic amines) is 1. The first-order chi connectivity index (χ1) is 13.7. The maximum Gasteiger partial charge on any atom is 0.254 e. The van der Waals surface area contributed by atoms with E-state index in [1.807, 2.05) is 59.5 Å². The number of pyridine rings is 1. The highest BCUT2D eigenvalue weighted by molar-refractivity contribution is 6.08. The minimum Gasteiger partial charge on any atom is -0.369 e. The number of nitrogens with zero attached hydrogens (tertiary/aromatic N) is 2. The van der Waals surface area contributed by atoms with Crippen molar-refractivity contribution in [2.45, 2.75) is 18.4 Å². The Bertz CT molecular complexity index is 1080. The van der Waals surface area contributed by atoms with E-state index >= 15 is 0 Å². The van der Waals surface area contributed by atoms with Crippen LogP contribution in [0.1, 0.15) is 23.2 Å². The second kappa shape index (κ2) is 6.34. The van der Waals surface area contributed by atoms with Gasteiger partial charge in [-0.1, -0.05) is 24.3 Å². The van der Waals surface area contributed by atoms with Crippen LogP contribution in [-0.2, 0) is 4.79 Å².